The third-order valence-corrected chi connectivity index (χ3v) is 5.11. The molecular formula is C17H21ClN4O. The highest BCUT2D eigenvalue weighted by Crippen LogP contribution is 2.27. The number of morpholine rings is 1. The van der Waals surface area contributed by atoms with Crippen molar-refractivity contribution in [3.05, 3.63) is 41.0 Å². The lowest BCUT2D eigenvalue weighted by atomic mass is 10.1. The highest BCUT2D eigenvalue weighted by Gasteiger charge is 2.38. The van der Waals surface area contributed by atoms with Crippen LogP contribution in [0.5, 0.6) is 0 Å². The largest absolute Gasteiger partial charge is 0.374 e. The minimum absolute atomic E-state index is 0.329. The van der Waals surface area contributed by atoms with Crippen LogP contribution in [0.4, 0.5) is 0 Å². The number of fused-ring (bicyclic) bond motifs is 1. The van der Waals surface area contributed by atoms with Crippen molar-refractivity contribution in [1.29, 1.82) is 0 Å². The van der Waals surface area contributed by atoms with Crippen molar-refractivity contribution in [2.75, 3.05) is 33.3 Å². The van der Waals surface area contributed by atoms with E-state index in [1.807, 2.05) is 24.4 Å². The third kappa shape index (κ3) is 3.02. The summed E-state index contributed by atoms with van der Waals surface area (Å²) < 4.78 is 5.93. The van der Waals surface area contributed by atoms with E-state index in [-0.39, 0.29) is 0 Å². The molecule has 2 aliphatic rings. The van der Waals surface area contributed by atoms with Crippen molar-refractivity contribution in [1.82, 2.24) is 20.0 Å². The Morgan fingerprint density at radius 1 is 1.39 bits per heavy atom. The second kappa shape index (κ2) is 6.24. The number of rotatable bonds is 3. The SMILES string of the molecule is CN1CCO[C@@H]2CN(Cc3cn[nH]c3-c3cccc(Cl)c3)C[C@@H]21. The van der Waals surface area contributed by atoms with Crippen LogP contribution in [0.1, 0.15) is 5.56 Å². The van der Waals surface area contributed by atoms with E-state index in [9.17, 15) is 0 Å². The van der Waals surface area contributed by atoms with Gasteiger partial charge >= 0.3 is 0 Å². The van der Waals surface area contributed by atoms with E-state index in [0.717, 1.165) is 49.1 Å². The number of aromatic amines is 1. The normalized spacial score (nSPS) is 25.7. The van der Waals surface area contributed by atoms with E-state index >= 15 is 0 Å². The first-order valence-corrected chi connectivity index (χ1v) is 8.41. The van der Waals surface area contributed by atoms with Crippen molar-refractivity contribution >= 4 is 11.6 Å². The monoisotopic (exact) mass is 332 g/mol. The summed E-state index contributed by atoms with van der Waals surface area (Å²) in [7, 11) is 2.19. The van der Waals surface area contributed by atoms with Gasteiger partial charge in [0.05, 0.1) is 24.6 Å². The van der Waals surface area contributed by atoms with Crippen LogP contribution >= 0.6 is 11.6 Å². The smallest absolute Gasteiger partial charge is 0.0869 e. The first kappa shape index (κ1) is 15.1. The molecule has 0 aliphatic carbocycles. The molecule has 2 aliphatic heterocycles. The number of hydrogen-bond acceptors (Lipinski definition) is 4. The van der Waals surface area contributed by atoms with Crippen LogP contribution in [0.3, 0.4) is 0 Å². The summed E-state index contributed by atoms with van der Waals surface area (Å²) in [6, 6.07) is 8.39. The molecule has 4 rings (SSSR count). The van der Waals surface area contributed by atoms with E-state index in [0.29, 0.717) is 12.1 Å². The van der Waals surface area contributed by atoms with Gasteiger partial charge in [-0.15, -0.1) is 0 Å². The molecule has 3 heterocycles. The molecule has 2 atom stereocenters. The molecule has 1 aromatic carbocycles. The van der Waals surface area contributed by atoms with E-state index in [1.54, 1.807) is 0 Å². The van der Waals surface area contributed by atoms with Crippen LogP contribution in [-0.4, -0.2) is 65.4 Å². The van der Waals surface area contributed by atoms with Crippen LogP contribution in [0, 0.1) is 0 Å². The van der Waals surface area contributed by atoms with Gasteiger partial charge in [-0.1, -0.05) is 23.7 Å². The predicted octanol–water partition coefficient (Wildman–Crippen LogP) is 2.24. The Hall–Kier alpha value is -1.40. The number of aromatic nitrogens is 2. The lowest BCUT2D eigenvalue weighted by Gasteiger charge is -2.33. The molecule has 2 aromatic rings. The molecule has 6 heteroatoms. The lowest BCUT2D eigenvalue weighted by Crippen LogP contribution is -2.48. The summed E-state index contributed by atoms with van der Waals surface area (Å²) in [5, 5.41) is 8.10. The van der Waals surface area contributed by atoms with Gasteiger partial charge in [0, 0.05) is 48.4 Å². The number of H-pyrrole nitrogens is 1. The van der Waals surface area contributed by atoms with Crippen molar-refractivity contribution in [3.8, 4) is 11.3 Å². The molecule has 1 N–H and O–H groups in total. The van der Waals surface area contributed by atoms with Crippen LogP contribution in [0.2, 0.25) is 5.02 Å². The maximum Gasteiger partial charge on any atom is 0.0869 e. The minimum Gasteiger partial charge on any atom is -0.374 e. The van der Waals surface area contributed by atoms with Gasteiger partial charge in [0.1, 0.15) is 0 Å². The van der Waals surface area contributed by atoms with Crippen LogP contribution in [-0.2, 0) is 11.3 Å². The predicted molar refractivity (Wildman–Crippen MR) is 90.5 cm³/mol. The summed E-state index contributed by atoms with van der Waals surface area (Å²) >= 11 is 6.12. The van der Waals surface area contributed by atoms with Gasteiger partial charge in [-0.2, -0.15) is 5.10 Å². The number of hydrogen-bond donors (Lipinski definition) is 1. The zero-order valence-corrected chi connectivity index (χ0v) is 14.0. The van der Waals surface area contributed by atoms with Gasteiger partial charge < -0.3 is 4.74 Å². The molecule has 2 fully saturated rings. The molecule has 2 saturated heterocycles. The Morgan fingerprint density at radius 2 is 2.30 bits per heavy atom. The van der Waals surface area contributed by atoms with Gasteiger partial charge in [0.2, 0.25) is 0 Å². The summed E-state index contributed by atoms with van der Waals surface area (Å²) in [4.78, 5) is 4.87. The quantitative estimate of drug-likeness (QED) is 0.936. The molecular weight excluding hydrogens is 312 g/mol. The number of nitrogens with zero attached hydrogens (tertiary/aromatic N) is 3. The highest BCUT2D eigenvalue weighted by atomic mass is 35.5. The average molecular weight is 333 g/mol. The molecule has 0 spiro atoms. The molecule has 1 aromatic heterocycles. The number of nitrogens with one attached hydrogen (secondary N) is 1. The van der Waals surface area contributed by atoms with Crippen molar-refractivity contribution in [3.63, 3.8) is 0 Å². The minimum atomic E-state index is 0.329. The molecule has 5 nitrogen and oxygen atoms in total. The fraction of sp³-hybridized carbons (Fsp3) is 0.471. The molecule has 0 radical (unpaired) electrons. The molecule has 0 bridgehead atoms. The average Bonchev–Trinajstić information content (AvgIpc) is 3.15. The Kier molecular flexibility index (Phi) is 4.11. The fourth-order valence-corrected chi connectivity index (χ4v) is 3.82. The second-order valence-corrected chi connectivity index (χ2v) is 6.87. The van der Waals surface area contributed by atoms with E-state index in [4.69, 9.17) is 16.3 Å². The maximum atomic E-state index is 6.12. The first-order valence-electron chi connectivity index (χ1n) is 8.03. The maximum absolute atomic E-state index is 6.12. The lowest BCUT2D eigenvalue weighted by molar-refractivity contribution is -0.0370. The fourth-order valence-electron chi connectivity index (χ4n) is 3.63. The zero-order chi connectivity index (χ0) is 15.8. The standard InChI is InChI=1S/C17H21ClN4O/c1-21-5-6-23-16-11-22(10-15(16)21)9-13-8-19-20-17(13)12-3-2-4-14(18)7-12/h2-4,7-8,15-16H,5-6,9-11H2,1H3,(H,19,20)/t15-,16+/m0/s1. The molecule has 0 unspecified atom stereocenters. The summed E-state index contributed by atoms with van der Waals surface area (Å²) in [6.07, 6.45) is 2.25. The molecule has 0 amide bonds. The van der Waals surface area contributed by atoms with Crippen LogP contribution in [0.15, 0.2) is 30.5 Å². The first-order chi connectivity index (χ1) is 11.2. The number of halogens is 1. The zero-order valence-electron chi connectivity index (χ0n) is 13.2. The number of benzene rings is 1. The molecule has 0 saturated carbocycles. The van der Waals surface area contributed by atoms with Crippen LogP contribution < -0.4 is 0 Å². The van der Waals surface area contributed by atoms with Gasteiger partial charge in [-0.05, 0) is 19.2 Å². The molecule has 122 valence electrons. The molecule has 23 heavy (non-hydrogen) atoms. The van der Waals surface area contributed by atoms with E-state index < -0.39 is 0 Å². The van der Waals surface area contributed by atoms with Gasteiger partial charge in [-0.3, -0.25) is 14.9 Å². The van der Waals surface area contributed by atoms with Gasteiger partial charge in [0.15, 0.2) is 0 Å². The number of ether oxygens (including phenoxy) is 1. The Balaban J connectivity index is 1.51. The number of likely N-dealkylation sites (tertiary alicyclic amines) is 1. The highest BCUT2D eigenvalue weighted by molar-refractivity contribution is 6.30. The van der Waals surface area contributed by atoms with Crippen LogP contribution in [0.25, 0.3) is 11.3 Å². The summed E-state index contributed by atoms with van der Waals surface area (Å²) in [6.45, 7) is 4.76. The van der Waals surface area contributed by atoms with Gasteiger partial charge in [-0.25, -0.2) is 0 Å². The second-order valence-electron chi connectivity index (χ2n) is 6.43. The Morgan fingerprint density at radius 3 is 3.13 bits per heavy atom. The topological polar surface area (TPSA) is 44.4 Å². The van der Waals surface area contributed by atoms with Crippen molar-refractivity contribution < 1.29 is 4.74 Å². The van der Waals surface area contributed by atoms with Crippen molar-refractivity contribution in [2.24, 2.45) is 0 Å². The third-order valence-electron chi connectivity index (χ3n) is 4.88. The van der Waals surface area contributed by atoms with E-state index in [1.165, 1.54) is 5.56 Å². The van der Waals surface area contributed by atoms with Gasteiger partial charge in [0.25, 0.3) is 0 Å². The Bertz CT molecular complexity index is 689. The number of likely N-dealkylation sites (N-methyl/N-ethyl adjacent to an activating group) is 1. The van der Waals surface area contributed by atoms with E-state index in [2.05, 4.69) is 33.1 Å². The Labute approximate surface area is 141 Å². The summed E-state index contributed by atoms with van der Waals surface area (Å²) in [5.74, 6) is 0. The van der Waals surface area contributed by atoms with Crippen molar-refractivity contribution in [2.45, 2.75) is 18.7 Å². The summed E-state index contributed by atoms with van der Waals surface area (Å²) in [5.41, 5.74) is 3.33.